The summed E-state index contributed by atoms with van der Waals surface area (Å²) in [7, 11) is 0. The van der Waals surface area contributed by atoms with Crippen molar-refractivity contribution in [2.24, 2.45) is 5.73 Å². The first-order chi connectivity index (χ1) is 9.73. The Bertz CT molecular complexity index is 464. The maximum absolute atomic E-state index is 11.8. The summed E-state index contributed by atoms with van der Waals surface area (Å²) in [5.41, 5.74) is 7.80. The Balaban J connectivity index is 2.73. The predicted octanol–water partition coefficient (Wildman–Crippen LogP) is 3.20. The molecule has 0 aliphatic heterocycles. The number of rotatable bonds is 5. The number of nitrogens with one attached hydrogen (secondary N) is 1. The molecule has 0 heterocycles. The SMILES string of the molecule is CC(C)c1ccccc1CC(CN)NC(=O)OC(C)(C)C. The van der Waals surface area contributed by atoms with E-state index in [9.17, 15) is 4.79 Å². The van der Waals surface area contributed by atoms with Crippen LogP contribution in [0, 0.1) is 0 Å². The van der Waals surface area contributed by atoms with Gasteiger partial charge in [0, 0.05) is 12.6 Å². The van der Waals surface area contributed by atoms with Gasteiger partial charge in [-0.2, -0.15) is 0 Å². The molecular formula is C17H28N2O2. The lowest BCUT2D eigenvalue weighted by molar-refractivity contribution is 0.0506. The minimum absolute atomic E-state index is 0.125. The highest BCUT2D eigenvalue weighted by Crippen LogP contribution is 2.20. The van der Waals surface area contributed by atoms with Crippen LogP contribution in [0.15, 0.2) is 24.3 Å². The number of hydrogen-bond acceptors (Lipinski definition) is 3. The highest BCUT2D eigenvalue weighted by Gasteiger charge is 2.20. The summed E-state index contributed by atoms with van der Waals surface area (Å²) in [5, 5.41) is 2.85. The smallest absolute Gasteiger partial charge is 0.407 e. The third-order valence-corrected chi connectivity index (χ3v) is 3.15. The van der Waals surface area contributed by atoms with Gasteiger partial charge in [0.05, 0.1) is 0 Å². The predicted molar refractivity (Wildman–Crippen MR) is 86.4 cm³/mol. The van der Waals surface area contributed by atoms with Crippen LogP contribution in [0.25, 0.3) is 0 Å². The van der Waals surface area contributed by atoms with Crippen molar-refractivity contribution in [2.75, 3.05) is 6.54 Å². The second-order valence-electron chi connectivity index (χ2n) is 6.64. The number of nitrogens with two attached hydrogens (primary N) is 1. The summed E-state index contributed by atoms with van der Waals surface area (Å²) >= 11 is 0. The van der Waals surface area contributed by atoms with E-state index in [4.69, 9.17) is 10.5 Å². The van der Waals surface area contributed by atoms with Gasteiger partial charge >= 0.3 is 6.09 Å². The Hall–Kier alpha value is -1.55. The Morgan fingerprint density at radius 3 is 2.43 bits per heavy atom. The fourth-order valence-electron chi connectivity index (χ4n) is 2.22. The highest BCUT2D eigenvalue weighted by atomic mass is 16.6. The molecule has 1 amide bonds. The van der Waals surface area contributed by atoms with E-state index in [1.54, 1.807) is 0 Å². The molecule has 0 saturated carbocycles. The van der Waals surface area contributed by atoms with Gasteiger partial charge in [-0.1, -0.05) is 38.1 Å². The van der Waals surface area contributed by atoms with Crippen LogP contribution in [-0.4, -0.2) is 24.3 Å². The average molecular weight is 292 g/mol. The lowest BCUT2D eigenvalue weighted by Gasteiger charge is -2.24. The van der Waals surface area contributed by atoms with Crippen LogP contribution in [0.2, 0.25) is 0 Å². The van der Waals surface area contributed by atoms with E-state index in [-0.39, 0.29) is 6.04 Å². The Labute approximate surface area is 128 Å². The molecule has 0 bridgehead atoms. The van der Waals surface area contributed by atoms with Crippen molar-refractivity contribution in [3.8, 4) is 0 Å². The van der Waals surface area contributed by atoms with Crippen LogP contribution in [0.3, 0.4) is 0 Å². The van der Waals surface area contributed by atoms with Crippen LogP contribution in [0.1, 0.15) is 51.7 Å². The fraction of sp³-hybridized carbons (Fsp3) is 0.588. The summed E-state index contributed by atoms with van der Waals surface area (Å²) in [6, 6.07) is 8.15. The van der Waals surface area contributed by atoms with Gasteiger partial charge < -0.3 is 15.8 Å². The van der Waals surface area contributed by atoms with E-state index < -0.39 is 11.7 Å². The summed E-state index contributed by atoms with van der Waals surface area (Å²) in [5.74, 6) is 0.446. The number of carbonyl (C=O) groups excluding carboxylic acids is 1. The first-order valence-corrected chi connectivity index (χ1v) is 7.50. The van der Waals surface area contributed by atoms with E-state index in [0.717, 1.165) is 0 Å². The second-order valence-corrected chi connectivity index (χ2v) is 6.64. The van der Waals surface area contributed by atoms with Crippen molar-refractivity contribution in [3.05, 3.63) is 35.4 Å². The minimum atomic E-state index is -0.501. The normalized spacial score (nSPS) is 13.1. The fourth-order valence-corrected chi connectivity index (χ4v) is 2.22. The average Bonchev–Trinajstić information content (AvgIpc) is 2.36. The van der Waals surface area contributed by atoms with Crippen molar-refractivity contribution in [2.45, 2.75) is 58.6 Å². The third kappa shape index (κ3) is 6.17. The van der Waals surface area contributed by atoms with Crippen LogP contribution < -0.4 is 11.1 Å². The molecule has 118 valence electrons. The number of hydrogen-bond donors (Lipinski definition) is 2. The zero-order chi connectivity index (χ0) is 16.0. The second kappa shape index (κ2) is 7.46. The van der Waals surface area contributed by atoms with Crippen molar-refractivity contribution < 1.29 is 9.53 Å². The highest BCUT2D eigenvalue weighted by molar-refractivity contribution is 5.68. The van der Waals surface area contributed by atoms with E-state index >= 15 is 0 Å². The molecule has 1 unspecified atom stereocenters. The molecule has 1 rings (SSSR count). The summed E-state index contributed by atoms with van der Waals surface area (Å²) < 4.78 is 5.28. The summed E-state index contributed by atoms with van der Waals surface area (Å²) in [4.78, 5) is 11.8. The first-order valence-electron chi connectivity index (χ1n) is 7.50. The van der Waals surface area contributed by atoms with Crippen LogP contribution in [0.5, 0.6) is 0 Å². The topological polar surface area (TPSA) is 64.3 Å². The molecule has 4 nitrogen and oxygen atoms in total. The molecule has 0 saturated heterocycles. The lowest BCUT2D eigenvalue weighted by Crippen LogP contribution is -2.44. The molecule has 0 spiro atoms. The Morgan fingerprint density at radius 1 is 1.29 bits per heavy atom. The van der Waals surface area contributed by atoms with Crippen LogP contribution >= 0.6 is 0 Å². The molecule has 0 radical (unpaired) electrons. The van der Waals surface area contributed by atoms with Gasteiger partial charge in [0.15, 0.2) is 0 Å². The van der Waals surface area contributed by atoms with E-state index in [1.165, 1.54) is 11.1 Å². The van der Waals surface area contributed by atoms with Crippen molar-refractivity contribution in [1.29, 1.82) is 0 Å². The largest absolute Gasteiger partial charge is 0.444 e. The zero-order valence-corrected chi connectivity index (χ0v) is 13.8. The maximum atomic E-state index is 11.8. The molecule has 3 N–H and O–H groups in total. The molecular weight excluding hydrogens is 264 g/mol. The van der Waals surface area contributed by atoms with Gasteiger partial charge in [0.1, 0.15) is 5.60 Å². The van der Waals surface area contributed by atoms with E-state index in [2.05, 4.69) is 31.3 Å². The van der Waals surface area contributed by atoms with Crippen molar-refractivity contribution in [3.63, 3.8) is 0 Å². The molecule has 0 aliphatic carbocycles. The molecule has 21 heavy (non-hydrogen) atoms. The molecule has 1 aromatic rings. The zero-order valence-electron chi connectivity index (χ0n) is 13.8. The molecule has 1 atom stereocenters. The van der Waals surface area contributed by atoms with E-state index in [0.29, 0.717) is 18.9 Å². The first kappa shape index (κ1) is 17.5. The number of ether oxygens (including phenoxy) is 1. The number of amides is 1. The quantitative estimate of drug-likeness (QED) is 0.876. The molecule has 1 aromatic carbocycles. The van der Waals surface area contributed by atoms with Gasteiger partial charge in [0.25, 0.3) is 0 Å². The summed E-state index contributed by atoms with van der Waals surface area (Å²) in [6.45, 7) is 10.2. The molecule has 0 fully saturated rings. The summed E-state index contributed by atoms with van der Waals surface area (Å²) in [6.07, 6.45) is 0.296. The Kier molecular flexibility index (Phi) is 6.21. The molecule has 4 heteroatoms. The molecule has 0 aromatic heterocycles. The number of carbonyl (C=O) groups is 1. The minimum Gasteiger partial charge on any atom is -0.444 e. The van der Waals surface area contributed by atoms with Gasteiger partial charge in [-0.3, -0.25) is 0 Å². The van der Waals surface area contributed by atoms with Gasteiger partial charge in [-0.15, -0.1) is 0 Å². The monoisotopic (exact) mass is 292 g/mol. The number of benzene rings is 1. The number of alkyl carbamates (subject to hydrolysis) is 1. The van der Waals surface area contributed by atoms with Crippen LogP contribution in [0.4, 0.5) is 4.79 Å². The lowest BCUT2D eigenvalue weighted by atomic mass is 9.93. The Morgan fingerprint density at radius 2 is 1.90 bits per heavy atom. The maximum Gasteiger partial charge on any atom is 0.407 e. The van der Waals surface area contributed by atoms with Crippen LogP contribution in [-0.2, 0) is 11.2 Å². The standard InChI is InChI=1S/C17H28N2O2/c1-12(2)15-9-7-6-8-13(15)10-14(11-18)19-16(20)21-17(3,4)5/h6-9,12,14H,10-11,18H2,1-5H3,(H,19,20). The van der Waals surface area contributed by atoms with Gasteiger partial charge in [0.2, 0.25) is 0 Å². The van der Waals surface area contributed by atoms with Crippen molar-refractivity contribution in [1.82, 2.24) is 5.32 Å². The van der Waals surface area contributed by atoms with Gasteiger partial charge in [-0.25, -0.2) is 4.79 Å². The van der Waals surface area contributed by atoms with Gasteiger partial charge in [-0.05, 0) is 44.2 Å². The van der Waals surface area contributed by atoms with Crippen molar-refractivity contribution >= 4 is 6.09 Å². The van der Waals surface area contributed by atoms with E-state index in [1.807, 2.05) is 32.9 Å². The third-order valence-electron chi connectivity index (χ3n) is 3.15. The molecule has 0 aliphatic rings.